The number of carbonyl (C=O) groups is 2. The number of benzene rings is 2. The van der Waals surface area contributed by atoms with Crippen LogP contribution in [-0.4, -0.2) is 29.8 Å². The van der Waals surface area contributed by atoms with Crippen molar-refractivity contribution in [1.82, 2.24) is 5.32 Å². The summed E-state index contributed by atoms with van der Waals surface area (Å²) in [6, 6.07) is 16.1. The second-order valence-electron chi connectivity index (χ2n) is 9.37. The minimum atomic E-state index is -0.890. The Hall–Kier alpha value is -2.82. The molecule has 0 bridgehead atoms. The van der Waals surface area contributed by atoms with Crippen molar-refractivity contribution >= 4 is 12.1 Å². The van der Waals surface area contributed by atoms with E-state index in [1.165, 1.54) is 35.1 Å². The normalized spacial score (nSPS) is 26.9. The average molecular weight is 420 g/mol. The van der Waals surface area contributed by atoms with Crippen LogP contribution in [0.1, 0.15) is 56.1 Å². The molecule has 2 N–H and O–H groups in total. The number of carbonyl (C=O) groups excluding carboxylic acids is 1. The molecule has 2 aromatic carbocycles. The first-order chi connectivity index (χ1) is 15.0. The average Bonchev–Trinajstić information content (AvgIpc) is 3.49. The number of aliphatic carboxylic acids is 1. The first-order valence-electron chi connectivity index (χ1n) is 11.4. The lowest BCUT2D eigenvalue weighted by Gasteiger charge is -2.30. The highest BCUT2D eigenvalue weighted by Crippen LogP contribution is 2.53. The summed E-state index contributed by atoms with van der Waals surface area (Å²) in [6.07, 6.45) is 3.75. The van der Waals surface area contributed by atoms with Gasteiger partial charge in [-0.1, -0.05) is 55.5 Å². The molecule has 5 nitrogen and oxygen atoms in total. The third-order valence-electron chi connectivity index (χ3n) is 7.81. The fourth-order valence-electron chi connectivity index (χ4n) is 5.91. The van der Waals surface area contributed by atoms with Gasteiger partial charge in [-0.2, -0.15) is 0 Å². The van der Waals surface area contributed by atoms with Crippen molar-refractivity contribution in [2.45, 2.75) is 51.0 Å². The molecule has 5 heteroatoms. The number of carboxylic acids is 1. The Kier molecular flexibility index (Phi) is 4.99. The molecular formula is C26H29NO4. The molecule has 0 saturated heterocycles. The van der Waals surface area contributed by atoms with Gasteiger partial charge in [0.15, 0.2) is 0 Å². The predicted octanol–water partition coefficient (Wildman–Crippen LogP) is 5.19. The summed E-state index contributed by atoms with van der Waals surface area (Å²) in [7, 11) is 0. The molecule has 0 radical (unpaired) electrons. The number of amides is 1. The lowest BCUT2D eigenvalue weighted by molar-refractivity contribution is -0.150. The first-order valence-corrected chi connectivity index (χ1v) is 11.4. The molecule has 31 heavy (non-hydrogen) atoms. The summed E-state index contributed by atoms with van der Waals surface area (Å²) >= 11 is 0. The van der Waals surface area contributed by atoms with Gasteiger partial charge in [0.05, 0.1) is 5.41 Å². The van der Waals surface area contributed by atoms with Crippen LogP contribution in [0.15, 0.2) is 48.5 Å². The predicted molar refractivity (Wildman–Crippen MR) is 118 cm³/mol. The molecule has 162 valence electrons. The molecule has 0 heterocycles. The third-order valence-corrected chi connectivity index (χ3v) is 7.81. The summed E-state index contributed by atoms with van der Waals surface area (Å²) < 4.78 is 5.69. The van der Waals surface area contributed by atoms with Crippen molar-refractivity contribution in [3.8, 4) is 11.1 Å². The molecule has 3 aliphatic rings. The number of nitrogens with one attached hydrogen (secondary N) is 1. The number of alkyl carbamates (subject to hydrolysis) is 1. The van der Waals surface area contributed by atoms with Crippen molar-refractivity contribution in [1.29, 1.82) is 0 Å². The molecule has 1 amide bonds. The number of rotatable bonds is 6. The smallest absolute Gasteiger partial charge is 0.407 e. The first kappa shape index (κ1) is 20.1. The van der Waals surface area contributed by atoms with Gasteiger partial charge in [0, 0.05) is 12.0 Å². The van der Waals surface area contributed by atoms with E-state index in [0.29, 0.717) is 24.7 Å². The molecule has 5 rings (SSSR count). The Balaban J connectivity index is 1.29. The monoisotopic (exact) mass is 419 g/mol. The van der Waals surface area contributed by atoms with Gasteiger partial charge >= 0.3 is 12.1 Å². The Morgan fingerprint density at radius 1 is 1.03 bits per heavy atom. The quantitative estimate of drug-likeness (QED) is 0.675. The Morgan fingerprint density at radius 3 is 2.19 bits per heavy atom. The Bertz CT molecular complexity index is 968. The summed E-state index contributed by atoms with van der Waals surface area (Å²) in [5, 5.41) is 12.9. The van der Waals surface area contributed by atoms with Gasteiger partial charge < -0.3 is 15.2 Å². The second kappa shape index (κ2) is 7.70. The molecule has 2 fully saturated rings. The van der Waals surface area contributed by atoms with Crippen LogP contribution < -0.4 is 5.32 Å². The summed E-state index contributed by atoms with van der Waals surface area (Å²) in [5.41, 5.74) is 3.81. The molecule has 2 saturated carbocycles. The van der Waals surface area contributed by atoms with E-state index in [9.17, 15) is 14.7 Å². The highest BCUT2D eigenvalue weighted by molar-refractivity contribution is 5.80. The van der Waals surface area contributed by atoms with Gasteiger partial charge in [-0.3, -0.25) is 4.79 Å². The van der Waals surface area contributed by atoms with Crippen LogP contribution in [0, 0.1) is 17.3 Å². The van der Waals surface area contributed by atoms with E-state index in [2.05, 4.69) is 29.6 Å². The fourth-order valence-corrected chi connectivity index (χ4v) is 5.91. The number of ether oxygens (including phenoxy) is 1. The lowest BCUT2D eigenvalue weighted by Crippen LogP contribution is -2.48. The van der Waals surface area contributed by atoms with E-state index in [0.717, 1.165) is 6.42 Å². The maximum atomic E-state index is 12.8. The highest BCUT2D eigenvalue weighted by atomic mass is 16.5. The van der Waals surface area contributed by atoms with Crippen LogP contribution in [-0.2, 0) is 9.53 Å². The Morgan fingerprint density at radius 2 is 1.65 bits per heavy atom. The largest absolute Gasteiger partial charge is 0.481 e. The fraction of sp³-hybridized carbons (Fsp3) is 0.462. The maximum Gasteiger partial charge on any atom is 0.407 e. The molecular weight excluding hydrogens is 390 g/mol. The third kappa shape index (κ3) is 3.40. The van der Waals surface area contributed by atoms with Crippen molar-refractivity contribution in [2.75, 3.05) is 6.61 Å². The molecule has 0 aliphatic heterocycles. The van der Waals surface area contributed by atoms with Crippen molar-refractivity contribution in [3.63, 3.8) is 0 Å². The number of fused-ring (bicyclic) bond motifs is 3. The lowest BCUT2D eigenvalue weighted by atomic mass is 9.79. The number of carboxylic acid groups (broad SMARTS) is 1. The SMILES string of the molecule is CCC1(C(=O)O)CC(C2CC2)CC1NC(=O)OCC1c2ccccc2-c2ccccc21. The van der Waals surface area contributed by atoms with Gasteiger partial charge in [0.2, 0.25) is 0 Å². The highest BCUT2D eigenvalue weighted by Gasteiger charge is 2.55. The van der Waals surface area contributed by atoms with E-state index in [4.69, 9.17) is 4.74 Å². The zero-order chi connectivity index (χ0) is 21.6. The van der Waals surface area contributed by atoms with E-state index in [1.54, 1.807) is 0 Å². The molecule has 2 aromatic rings. The molecule has 3 atom stereocenters. The number of hydrogen-bond acceptors (Lipinski definition) is 3. The standard InChI is InChI=1S/C26H29NO4/c1-2-26(24(28)29)14-17(16-11-12-16)13-23(26)27-25(30)31-15-22-20-9-5-3-7-18(20)19-8-4-6-10-21(19)22/h3-10,16-17,22-23H,2,11-15H2,1H3,(H,27,30)(H,28,29). The van der Waals surface area contributed by atoms with Crippen LogP contribution >= 0.6 is 0 Å². The zero-order valence-corrected chi connectivity index (χ0v) is 17.8. The van der Waals surface area contributed by atoms with Gasteiger partial charge in [-0.05, 0) is 66.2 Å². The van der Waals surface area contributed by atoms with Crippen LogP contribution in [0.3, 0.4) is 0 Å². The molecule has 0 aromatic heterocycles. The van der Waals surface area contributed by atoms with Gasteiger partial charge in [-0.15, -0.1) is 0 Å². The summed E-state index contributed by atoms with van der Waals surface area (Å²) in [6.45, 7) is 2.15. The zero-order valence-electron chi connectivity index (χ0n) is 17.8. The van der Waals surface area contributed by atoms with Crippen LogP contribution in [0.25, 0.3) is 11.1 Å². The van der Waals surface area contributed by atoms with E-state index < -0.39 is 17.5 Å². The van der Waals surface area contributed by atoms with Gasteiger partial charge in [0.25, 0.3) is 0 Å². The van der Waals surface area contributed by atoms with E-state index in [1.807, 2.05) is 31.2 Å². The molecule has 3 aliphatic carbocycles. The maximum absolute atomic E-state index is 12.8. The topological polar surface area (TPSA) is 75.6 Å². The Labute approximate surface area is 182 Å². The molecule has 3 unspecified atom stereocenters. The van der Waals surface area contributed by atoms with Crippen molar-refractivity contribution in [3.05, 3.63) is 59.7 Å². The van der Waals surface area contributed by atoms with Crippen LogP contribution in [0.5, 0.6) is 0 Å². The minimum absolute atomic E-state index is 0.00338. The summed E-state index contributed by atoms with van der Waals surface area (Å²) in [5.74, 6) is 0.202. The van der Waals surface area contributed by atoms with Crippen LogP contribution in [0.4, 0.5) is 4.79 Å². The van der Waals surface area contributed by atoms with E-state index >= 15 is 0 Å². The van der Waals surface area contributed by atoms with Gasteiger partial charge in [-0.25, -0.2) is 4.79 Å². The van der Waals surface area contributed by atoms with Crippen molar-refractivity contribution in [2.24, 2.45) is 17.3 Å². The minimum Gasteiger partial charge on any atom is -0.481 e. The van der Waals surface area contributed by atoms with Crippen LogP contribution in [0.2, 0.25) is 0 Å². The molecule has 0 spiro atoms. The van der Waals surface area contributed by atoms with Gasteiger partial charge in [0.1, 0.15) is 6.61 Å². The number of hydrogen-bond donors (Lipinski definition) is 2. The van der Waals surface area contributed by atoms with E-state index in [-0.39, 0.29) is 18.6 Å². The summed E-state index contributed by atoms with van der Waals surface area (Å²) in [4.78, 5) is 25.0. The van der Waals surface area contributed by atoms with Crippen molar-refractivity contribution < 1.29 is 19.4 Å². The second-order valence-corrected chi connectivity index (χ2v) is 9.37.